The van der Waals surface area contributed by atoms with Crippen molar-refractivity contribution < 1.29 is 17.6 Å². The van der Waals surface area contributed by atoms with Crippen LogP contribution in [0, 0.1) is 10.8 Å². The number of hydrogen-bond donors (Lipinski definition) is 0. The van der Waals surface area contributed by atoms with Gasteiger partial charge in [0.2, 0.25) is 0 Å². The third-order valence-corrected chi connectivity index (χ3v) is 3.51. The normalized spacial score (nSPS) is 43.8. The second kappa shape index (κ2) is 1.89. The maximum Gasteiger partial charge on any atom is 0.315 e. The fourth-order valence-corrected chi connectivity index (χ4v) is 3.09. The maximum atomic E-state index is 13.2. The smallest absolute Gasteiger partial charge is 0.200 e. The summed E-state index contributed by atoms with van der Waals surface area (Å²) in [5.74, 6) is -7.70. The standard InChI is InChI=1S/C9H12F4/c1-6-3-8(4-6,5-6)9(12,13)7(2,10)11/h3-5H2,1-2H3. The van der Waals surface area contributed by atoms with Crippen LogP contribution < -0.4 is 0 Å². The van der Waals surface area contributed by atoms with E-state index in [0.29, 0.717) is 6.92 Å². The Hall–Kier alpha value is -0.280. The van der Waals surface area contributed by atoms with Crippen LogP contribution in [-0.4, -0.2) is 11.8 Å². The molecule has 0 unspecified atom stereocenters. The zero-order valence-electron chi connectivity index (χ0n) is 7.63. The van der Waals surface area contributed by atoms with Crippen LogP contribution in [0.15, 0.2) is 0 Å². The Balaban J connectivity index is 2.19. The van der Waals surface area contributed by atoms with Crippen molar-refractivity contribution in [2.45, 2.75) is 45.0 Å². The third-order valence-electron chi connectivity index (χ3n) is 3.51. The summed E-state index contributed by atoms with van der Waals surface area (Å²) in [7, 11) is 0. The van der Waals surface area contributed by atoms with Crippen LogP contribution in [0.3, 0.4) is 0 Å². The summed E-state index contributed by atoms with van der Waals surface area (Å²) < 4.78 is 51.7. The van der Waals surface area contributed by atoms with E-state index in [2.05, 4.69) is 0 Å². The zero-order valence-corrected chi connectivity index (χ0v) is 7.63. The van der Waals surface area contributed by atoms with Gasteiger partial charge in [-0.15, -0.1) is 0 Å². The topological polar surface area (TPSA) is 0 Å². The lowest BCUT2D eigenvalue weighted by Gasteiger charge is -2.71. The highest BCUT2D eigenvalue weighted by atomic mass is 19.3. The average Bonchev–Trinajstić information content (AvgIpc) is 1.75. The van der Waals surface area contributed by atoms with Crippen molar-refractivity contribution >= 4 is 0 Å². The SMILES string of the molecule is CC12CC(C(F)(F)C(C)(F)F)(C1)C2. The van der Waals surface area contributed by atoms with Gasteiger partial charge in [-0.25, -0.2) is 8.78 Å². The molecular formula is C9H12F4. The molecule has 0 aliphatic heterocycles. The lowest BCUT2D eigenvalue weighted by Crippen LogP contribution is -2.71. The molecule has 0 spiro atoms. The first-order chi connectivity index (χ1) is 5.62. The van der Waals surface area contributed by atoms with Crippen LogP contribution >= 0.6 is 0 Å². The van der Waals surface area contributed by atoms with Crippen LogP contribution in [0.4, 0.5) is 17.6 Å². The third kappa shape index (κ3) is 0.868. The van der Waals surface area contributed by atoms with E-state index in [1.807, 2.05) is 6.92 Å². The molecule has 3 saturated carbocycles. The Morgan fingerprint density at radius 3 is 1.62 bits per heavy atom. The highest BCUT2D eigenvalue weighted by molar-refractivity contribution is 5.22. The molecule has 4 heteroatoms. The summed E-state index contributed by atoms with van der Waals surface area (Å²) in [5, 5.41) is 0. The minimum Gasteiger partial charge on any atom is -0.200 e. The number of alkyl halides is 4. The quantitative estimate of drug-likeness (QED) is 0.593. The molecule has 0 atom stereocenters. The van der Waals surface area contributed by atoms with Gasteiger partial charge in [-0.2, -0.15) is 8.78 Å². The van der Waals surface area contributed by atoms with Crippen molar-refractivity contribution in [3.63, 3.8) is 0 Å². The van der Waals surface area contributed by atoms with Crippen LogP contribution in [0.2, 0.25) is 0 Å². The van der Waals surface area contributed by atoms with Gasteiger partial charge in [0, 0.05) is 12.3 Å². The van der Waals surface area contributed by atoms with E-state index >= 15 is 0 Å². The van der Waals surface area contributed by atoms with E-state index in [4.69, 9.17) is 0 Å². The van der Waals surface area contributed by atoms with Crippen molar-refractivity contribution in [1.29, 1.82) is 0 Å². The summed E-state index contributed by atoms with van der Waals surface area (Å²) >= 11 is 0. The molecule has 3 fully saturated rings. The van der Waals surface area contributed by atoms with E-state index in [-0.39, 0.29) is 24.7 Å². The molecular weight excluding hydrogens is 184 g/mol. The molecule has 0 N–H and O–H groups in total. The van der Waals surface area contributed by atoms with Crippen LogP contribution in [0.1, 0.15) is 33.1 Å². The Morgan fingerprint density at radius 1 is 1.00 bits per heavy atom. The van der Waals surface area contributed by atoms with Crippen molar-refractivity contribution in [2.75, 3.05) is 0 Å². The fourth-order valence-electron chi connectivity index (χ4n) is 3.09. The lowest BCUT2D eigenvalue weighted by molar-refractivity contribution is -0.365. The van der Waals surface area contributed by atoms with Gasteiger partial charge in [0.15, 0.2) is 0 Å². The molecule has 3 rings (SSSR count). The molecule has 0 aromatic heterocycles. The lowest BCUT2D eigenvalue weighted by atomic mass is 9.33. The molecule has 3 aliphatic carbocycles. The minimum atomic E-state index is -3.88. The van der Waals surface area contributed by atoms with E-state index < -0.39 is 17.3 Å². The molecule has 0 heterocycles. The van der Waals surface area contributed by atoms with Crippen molar-refractivity contribution in [2.24, 2.45) is 10.8 Å². The fraction of sp³-hybridized carbons (Fsp3) is 1.00. The highest BCUT2D eigenvalue weighted by Crippen LogP contribution is 2.79. The van der Waals surface area contributed by atoms with Crippen LogP contribution in [0.5, 0.6) is 0 Å². The molecule has 0 nitrogen and oxygen atoms in total. The van der Waals surface area contributed by atoms with Gasteiger partial charge in [-0.3, -0.25) is 0 Å². The van der Waals surface area contributed by atoms with Gasteiger partial charge in [0.1, 0.15) is 0 Å². The second-order valence-electron chi connectivity index (χ2n) is 5.08. The highest BCUT2D eigenvalue weighted by Gasteiger charge is 2.80. The molecule has 0 radical (unpaired) electrons. The minimum absolute atomic E-state index is 0.0608. The summed E-state index contributed by atoms with van der Waals surface area (Å²) in [6, 6.07) is 0. The van der Waals surface area contributed by atoms with Gasteiger partial charge in [0.05, 0.1) is 0 Å². The van der Waals surface area contributed by atoms with Crippen LogP contribution in [0.25, 0.3) is 0 Å². The Labute approximate surface area is 74.3 Å². The molecule has 76 valence electrons. The Morgan fingerprint density at radius 2 is 1.38 bits per heavy atom. The molecule has 0 aromatic carbocycles. The molecule has 3 aliphatic rings. The van der Waals surface area contributed by atoms with E-state index in [1.54, 1.807) is 0 Å². The summed E-state index contributed by atoms with van der Waals surface area (Å²) in [6.45, 7) is 2.19. The predicted molar refractivity (Wildman–Crippen MR) is 40.0 cm³/mol. The summed E-state index contributed by atoms with van der Waals surface area (Å²) in [5.41, 5.74) is -1.44. The Bertz CT molecular complexity index is 231. The van der Waals surface area contributed by atoms with Gasteiger partial charge in [0.25, 0.3) is 0 Å². The van der Waals surface area contributed by atoms with E-state index in [9.17, 15) is 17.6 Å². The molecule has 0 aromatic rings. The monoisotopic (exact) mass is 196 g/mol. The Kier molecular flexibility index (Phi) is 1.35. The predicted octanol–water partition coefficient (Wildman–Crippen LogP) is 3.47. The number of rotatable bonds is 2. The molecule has 0 amide bonds. The van der Waals surface area contributed by atoms with E-state index in [0.717, 1.165) is 0 Å². The van der Waals surface area contributed by atoms with Crippen molar-refractivity contribution in [1.82, 2.24) is 0 Å². The molecule has 13 heavy (non-hydrogen) atoms. The van der Waals surface area contributed by atoms with Gasteiger partial charge in [-0.1, -0.05) is 6.92 Å². The van der Waals surface area contributed by atoms with E-state index in [1.165, 1.54) is 0 Å². The number of hydrogen-bond acceptors (Lipinski definition) is 0. The van der Waals surface area contributed by atoms with Crippen molar-refractivity contribution in [3.8, 4) is 0 Å². The van der Waals surface area contributed by atoms with Gasteiger partial charge >= 0.3 is 11.8 Å². The van der Waals surface area contributed by atoms with Crippen molar-refractivity contribution in [3.05, 3.63) is 0 Å². The summed E-state index contributed by atoms with van der Waals surface area (Å²) in [6.07, 6.45) is 0.781. The first kappa shape index (κ1) is 9.28. The number of halogens is 4. The first-order valence-corrected chi connectivity index (χ1v) is 4.38. The van der Waals surface area contributed by atoms with Gasteiger partial charge in [-0.05, 0) is 24.7 Å². The molecule has 2 bridgehead atoms. The van der Waals surface area contributed by atoms with Crippen LogP contribution in [-0.2, 0) is 0 Å². The first-order valence-electron chi connectivity index (χ1n) is 4.38. The molecule has 0 saturated heterocycles. The second-order valence-corrected chi connectivity index (χ2v) is 5.08. The largest absolute Gasteiger partial charge is 0.315 e. The van der Waals surface area contributed by atoms with Gasteiger partial charge < -0.3 is 0 Å². The maximum absolute atomic E-state index is 13.2. The zero-order chi connectivity index (χ0) is 10.1. The summed E-state index contributed by atoms with van der Waals surface area (Å²) in [4.78, 5) is 0. The average molecular weight is 196 g/mol.